The molecule has 1 aliphatic heterocycles. The summed E-state index contributed by atoms with van der Waals surface area (Å²) >= 11 is 0. The van der Waals surface area contributed by atoms with Gasteiger partial charge in [-0.15, -0.1) is 53.6 Å². The van der Waals surface area contributed by atoms with Gasteiger partial charge >= 0.3 is 0 Å². The molecule has 0 saturated carbocycles. The van der Waals surface area contributed by atoms with Crippen molar-refractivity contribution >= 4 is 44.6 Å². The van der Waals surface area contributed by atoms with Crippen LogP contribution in [0, 0.1) is 18.8 Å². The molecule has 3 heterocycles. The Morgan fingerprint density at radius 1 is 0.412 bits per heavy atom. The molecule has 5 nitrogen and oxygen atoms in total. The number of benzene rings is 9. The van der Waals surface area contributed by atoms with Crippen molar-refractivity contribution in [2.75, 3.05) is 9.80 Å². The zero-order valence-corrected chi connectivity index (χ0v) is 49.6. The molecule has 80 heavy (non-hydrogen) atoms. The van der Waals surface area contributed by atoms with Crippen LogP contribution < -0.4 is 14.5 Å². The zero-order chi connectivity index (χ0) is 54.8. The first-order valence-corrected chi connectivity index (χ1v) is 27.6. The summed E-state index contributed by atoms with van der Waals surface area (Å²) in [7, 11) is 0. The minimum atomic E-state index is -0.416. The second-order valence-electron chi connectivity index (χ2n) is 24.3. The van der Waals surface area contributed by atoms with Gasteiger partial charge < -0.3 is 19.1 Å². The molecule has 6 heteroatoms. The Morgan fingerprint density at radius 3 is 1.66 bits per heavy atom. The summed E-state index contributed by atoms with van der Waals surface area (Å²) in [5.41, 5.74) is 17.0. The summed E-state index contributed by atoms with van der Waals surface area (Å²) in [4.78, 5) is 9.68. The van der Waals surface area contributed by atoms with Crippen LogP contribution in [0.1, 0.15) is 103 Å². The van der Waals surface area contributed by atoms with Crippen molar-refractivity contribution in [3.63, 3.8) is 0 Å². The molecule has 0 radical (unpaired) electrons. The van der Waals surface area contributed by atoms with E-state index in [1.807, 2.05) is 12.3 Å². The van der Waals surface area contributed by atoms with Crippen LogP contribution in [0.2, 0.25) is 0 Å². The van der Waals surface area contributed by atoms with Crippen molar-refractivity contribution in [2.45, 2.75) is 90.9 Å². The summed E-state index contributed by atoms with van der Waals surface area (Å²) in [6, 6.07) is 84.2. The second kappa shape index (κ2) is 20.9. The number of hydrogen-bond acceptors (Lipinski definition) is 4. The molecular weight excluding hydrogens is 1160 g/mol. The fourth-order valence-corrected chi connectivity index (χ4v) is 11.2. The van der Waals surface area contributed by atoms with E-state index in [1.165, 1.54) is 44.5 Å². The molecule has 9 aromatic carbocycles. The molecule has 0 atom stereocenters. The molecule has 0 unspecified atom stereocenters. The largest absolute Gasteiger partial charge is 0.509 e. The van der Waals surface area contributed by atoms with Gasteiger partial charge in [0.1, 0.15) is 5.82 Å². The van der Waals surface area contributed by atoms with E-state index in [-0.39, 0.29) is 37.3 Å². The predicted molar refractivity (Wildman–Crippen MR) is 330 cm³/mol. The first-order chi connectivity index (χ1) is 37.9. The Morgan fingerprint density at radius 2 is 1.02 bits per heavy atom. The van der Waals surface area contributed by atoms with Crippen molar-refractivity contribution in [1.82, 2.24) is 9.55 Å². The van der Waals surface area contributed by atoms with Gasteiger partial charge in [-0.05, 0) is 114 Å². The molecular formula is C74H67N4OPt-3. The van der Waals surface area contributed by atoms with E-state index in [9.17, 15) is 0 Å². The topological polar surface area (TPSA) is 33.5 Å². The van der Waals surface area contributed by atoms with Crippen LogP contribution in [-0.4, -0.2) is 9.55 Å². The third-order valence-electron chi connectivity index (χ3n) is 16.2. The molecule has 0 fully saturated rings. The molecule has 2 aromatic heterocycles. The molecule has 1 aliphatic rings. The minimum absolute atomic E-state index is 0. The van der Waals surface area contributed by atoms with Gasteiger partial charge in [-0.1, -0.05) is 220 Å². The maximum Gasteiger partial charge on any atom is 0.135 e. The second-order valence-corrected chi connectivity index (χ2v) is 24.3. The summed E-state index contributed by atoms with van der Waals surface area (Å²) in [6.07, 6.45) is 1.92. The number of aromatic nitrogens is 2. The summed E-state index contributed by atoms with van der Waals surface area (Å²) in [5, 5.41) is 2.19. The van der Waals surface area contributed by atoms with Gasteiger partial charge in [-0.3, -0.25) is 0 Å². The number of rotatable bonds is 11. The Balaban J connectivity index is 0.00000675. The molecule has 0 saturated heterocycles. The van der Waals surface area contributed by atoms with Crippen molar-refractivity contribution in [1.29, 1.82) is 0 Å². The van der Waals surface area contributed by atoms with E-state index in [0.717, 1.165) is 61.5 Å². The van der Waals surface area contributed by atoms with Gasteiger partial charge in [0.2, 0.25) is 0 Å². The third-order valence-corrected chi connectivity index (χ3v) is 16.2. The Hall–Kier alpha value is -7.98. The van der Waals surface area contributed by atoms with E-state index in [2.05, 4.69) is 309 Å². The average Bonchev–Trinajstić information content (AvgIpc) is 4.06. The maximum absolute atomic E-state index is 7.15. The van der Waals surface area contributed by atoms with Crippen LogP contribution in [0.5, 0.6) is 11.5 Å². The van der Waals surface area contributed by atoms with E-state index in [4.69, 9.17) is 9.72 Å². The average molecular weight is 1220 g/mol. The summed E-state index contributed by atoms with van der Waals surface area (Å²) in [6.45, 7) is 25.1. The van der Waals surface area contributed by atoms with Crippen molar-refractivity contribution < 1.29 is 25.8 Å². The van der Waals surface area contributed by atoms with Gasteiger partial charge in [-0.2, -0.15) is 6.07 Å². The van der Waals surface area contributed by atoms with Crippen LogP contribution in [-0.2, 0) is 42.7 Å². The number of ether oxygens (including phenoxy) is 1. The van der Waals surface area contributed by atoms with E-state index >= 15 is 0 Å². The maximum atomic E-state index is 7.15. The van der Waals surface area contributed by atoms with Gasteiger partial charge in [-0.25, -0.2) is 4.98 Å². The van der Waals surface area contributed by atoms with Crippen LogP contribution in [0.25, 0.3) is 49.9 Å². The fourth-order valence-electron chi connectivity index (χ4n) is 11.2. The monoisotopic (exact) mass is 1220 g/mol. The normalized spacial score (nSPS) is 12.9. The van der Waals surface area contributed by atoms with Crippen LogP contribution >= 0.6 is 0 Å². The number of pyridine rings is 1. The fraction of sp³-hybridized carbons (Fsp3) is 0.189. The summed E-state index contributed by atoms with van der Waals surface area (Å²) < 4.78 is 9.39. The Labute approximate surface area is 487 Å². The molecule has 0 N–H and O–H groups in total. The molecule has 402 valence electrons. The zero-order valence-electron chi connectivity index (χ0n) is 47.4. The summed E-state index contributed by atoms with van der Waals surface area (Å²) in [5.74, 6) is 2.00. The molecule has 12 rings (SSSR count). The van der Waals surface area contributed by atoms with Crippen molar-refractivity contribution in [3.05, 3.63) is 271 Å². The smallest absolute Gasteiger partial charge is 0.135 e. The SMILES string of the molecule is CC(C)(C)c1cc(-c2ccccc2)cc(N2[CH-]N(c3[c-]c(Oc4[c-]c5c(cc4)c4cc(-c6ccccc6)ccc4n5-c4cc(C(C)(C)C)ccn4)cc(C(C)(C)c4ccccc4)c3)c3ccc(C(C)(C)c4ccccc4)cc32)c1.[Pt]. The predicted octanol–water partition coefficient (Wildman–Crippen LogP) is 19.6. The van der Waals surface area contributed by atoms with Gasteiger partial charge in [0, 0.05) is 66.8 Å². The Kier molecular flexibility index (Phi) is 14.1. The van der Waals surface area contributed by atoms with Crippen LogP contribution in [0.15, 0.2) is 219 Å². The number of fused-ring (bicyclic) bond motifs is 4. The minimum Gasteiger partial charge on any atom is -0.509 e. The van der Waals surface area contributed by atoms with Crippen molar-refractivity contribution in [2.24, 2.45) is 0 Å². The van der Waals surface area contributed by atoms with E-state index in [1.54, 1.807) is 0 Å². The molecule has 0 aliphatic carbocycles. The molecule has 0 bridgehead atoms. The number of nitrogens with zero attached hydrogens (tertiary/aromatic N) is 4. The van der Waals surface area contributed by atoms with Crippen molar-refractivity contribution in [3.8, 4) is 39.6 Å². The molecule has 11 aromatic rings. The van der Waals surface area contributed by atoms with E-state index < -0.39 is 5.41 Å². The van der Waals surface area contributed by atoms with Crippen LogP contribution in [0.3, 0.4) is 0 Å². The molecule has 0 spiro atoms. The number of anilines is 4. The van der Waals surface area contributed by atoms with Gasteiger partial charge in [0.05, 0.1) is 0 Å². The quantitative estimate of drug-likeness (QED) is 0.121. The molecule has 0 amide bonds. The third kappa shape index (κ3) is 10.2. The first kappa shape index (κ1) is 54.0. The standard InChI is InChI=1S/C74H67N4O.Pt/c1-71(2,3)56-37-38-75-70(46-56)78-66-35-31-52(50-23-15-11-16-24-50)41-65(66)64-34-33-62(48-68(64)78)79-63-44-59(74(9,10)55-29-21-14-22-30-55)43-61(47-63)76-49-77(60-40-53(51-25-17-12-18-26-51)39-58(42-60)72(4,5)6)69-45-57(32-36-67(69)76)73(7,8)54-27-19-13-20-28-54;/h11-46,49H,1-10H3;/q-3;. The van der Waals surface area contributed by atoms with Gasteiger partial charge in [0.25, 0.3) is 0 Å². The Bertz CT molecular complexity index is 4040. The first-order valence-electron chi connectivity index (χ1n) is 27.6. The van der Waals surface area contributed by atoms with Gasteiger partial charge in [0.15, 0.2) is 0 Å². The number of hydrogen-bond donors (Lipinski definition) is 0. The van der Waals surface area contributed by atoms with E-state index in [0.29, 0.717) is 11.5 Å². The van der Waals surface area contributed by atoms with Crippen LogP contribution in [0.4, 0.5) is 22.7 Å².